The van der Waals surface area contributed by atoms with Crippen LogP contribution in [0.2, 0.25) is 0 Å². The van der Waals surface area contributed by atoms with E-state index in [2.05, 4.69) is 22.0 Å². The summed E-state index contributed by atoms with van der Waals surface area (Å²) >= 11 is 0. The third kappa shape index (κ3) is 2.28. The van der Waals surface area contributed by atoms with E-state index >= 15 is 0 Å². The molecule has 0 aromatic carbocycles. The normalized spacial score (nSPS) is 10.3. The summed E-state index contributed by atoms with van der Waals surface area (Å²) in [6.07, 6.45) is 7.50. The molecule has 0 aliphatic carbocycles. The lowest BCUT2D eigenvalue weighted by molar-refractivity contribution is 0.461. The highest BCUT2D eigenvalue weighted by Crippen LogP contribution is 2.21. The van der Waals surface area contributed by atoms with Gasteiger partial charge in [-0.15, -0.1) is 0 Å². The first kappa shape index (κ1) is 10.4. The van der Waals surface area contributed by atoms with Gasteiger partial charge in [-0.3, -0.25) is 4.68 Å². The van der Waals surface area contributed by atoms with E-state index in [-0.39, 0.29) is 5.82 Å². The van der Waals surface area contributed by atoms with Crippen molar-refractivity contribution in [3.63, 3.8) is 0 Å². The lowest BCUT2D eigenvalue weighted by atomic mass is 10.5. The maximum atomic E-state index is 5.61. The molecule has 2 aromatic rings. The summed E-state index contributed by atoms with van der Waals surface area (Å²) in [5, 5.41) is 4.13. The van der Waals surface area contributed by atoms with Gasteiger partial charge in [-0.1, -0.05) is 6.92 Å². The third-order valence-corrected chi connectivity index (χ3v) is 1.97. The first-order chi connectivity index (χ1) is 7.79. The van der Waals surface area contributed by atoms with E-state index in [1.807, 2.05) is 4.68 Å². The van der Waals surface area contributed by atoms with Crippen LogP contribution in [0.15, 0.2) is 24.8 Å². The van der Waals surface area contributed by atoms with Crippen LogP contribution < -0.4 is 10.5 Å². The third-order valence-electron chi connectivity index (χ3n) is 1.97. The van der Waals surface area contributed by atoms with Gasteiger partial charge >= 0.3 is 0 Å². The van der Waals surface area contributed by atoms with Crippen LogP contribution in [0.3, 0.4) is 0 Å². The summed E-state index contributed by atoms with van der Waals surface area (Å²) in [4.78, 5) is 7.86. The van der Waals surface area contributed by atoms with Crippen molar-refractivity contribution in [3.8, 4) is 11.6 Å². The van der Waals surface area contributed by atoms with Crippen LogP contribution in [0.5, 0.6) is 11.6 Å². The minimum absolute atomic E-state index is 0.269. The second-order valence-corrected chi connectivity index (χ2v) is 3.29. The number of aryl methyl sites for hydroxylation is 1. The molecule has 0 unspecified atom stereocenters. The van der Waals surface area contributed by atoms with Crippen molar-refractivity contribution < 1.29 is 4.74 Å². The van der Waals surface area contributed by atoms with Gasteiger partial charge in [0, 0.05) is 18.9 Å². The van der Waals surface area contributed by atoms with Gasteiger partial charge < -0.3 is 10.5 Å². The Morgan fingerprint density at radius 2 is 2.19 bits per heavy atom. The summed E-state index contributed by atoms with van der Waals surface area (Å²) < 4.78 is 7.26. The molecule has 0 aliphatic rings. The molecule has 0 saturated heterocycles. The summed E-state index contributed by atoms with van der Waals surface area (Å²) in [5.74, 6) is 1.19. The molecule has 0 bridgehead atoms. The Balaban J connectivity index is 2.11. The number of aromatic nitrogens is 4. The molecular formula is C10H13N5O. The van der Waals surface area contributed by atoms with Gasteiger partial charge in [0.1, 0.15) is 0 Å². The summed E-state index contributed by atoms with van der Waals surface area (Å²) in [6, 6.07) is 0. The van der Waals surface area contributed by atoms with Crippen molar-refractivity contribution in [2.24, 2.45) is 0 Å². The molecule has 84 valence electrons. The van der Waals surface area contributed by atoms with Crippen LogP contribution >= 0.6 is 0 Å². The molecule has 0 radical (unpaired) electrons. The number of rotatable bonds is 4. The van der Waals surface area contributed by atoms with Crippen molar-refractivity contribution in [3.05, 3.63) is 24.8 Å². The first-order valence-corrected chi connectivity index (χ1v) is 5.06. The number of nitrogens with zero attached hydrogens (tertiary/aromatic N) is 4. The fraction of sp³-hybridized carbons (Fsp3) is 0.300. The van der Waals surface area contributed by atoms with Gasteiger partial charge in [0.15, 0.2) is 11.6 Å². The highest BCUT2D eigenvalue weighted by atomic mass is 16.5. The molecule has 2 N–H and O–H groups in total. The van der Waals surface area contributed by atoms with Gasteiger partial charge in [-0.05, 0) is 6.42 Å². The topological polar surface area (TPSA) is 78.8 Å². The van der Waals surface area contributed by atoms with Crippen LogP contribution in [0.1, 0.15) is 13.3 Å². The lowest BCUT2D eigenvalue weighted by Gasteiger charge is -2.02. The van der Waals surface area contributed by atoms with E-state index in [0.717, 1.165) is 13.0 Å². The molecule has 0 atom stereocenters. The van der Waals surface area contributed by atoms with Crippen LogP contribution in [-0.4, -0.2) is 19.7 Å². The second kappa shape index (κ2) is 4.61. The van der Waals surface area contributed by atoms with Crippen LogP contribution in [0.25, 0.3) is 0 Å². The predicted molar refractivity (Wildman–Crippen MR) is 59.0 cm³/mol. The smallest absolute Gasteiger partial charge is 0.262 e. The minimum atomic E-state index is 0.269. The Morgan fingerprint density at radius 3 is 2.94 bits per heavy atom. The standard InChI is InChI=1S/C10H13N5O/c1-2-5-15-7-8(6-14-15)16-10-9(11)12-3-4-13-10/h3-4,6-7H,2,5H2,1H3,(H2,11,12). The second-order valence-electron chi connectivity index (χ2n) is 3.29. The molecule has 2 rings (SSSR count). The molecular weight excluding hydrogens is 206 g/mol. The van der Waals surface area contributed by atoms with Crippen LogP contribution in [0, 0.1) is 0 Å². The van der Waals surface area contributed by atoms with Crippen molar-refractivity contribution in [1.82, 2.24) is 19.7 Å². The number of ether oxygens (including phenoxy) is 1. The minimum Gasteiger partial charge on any atom is -0.433 e. The molecule has 0 amide bonds. The molecule has 0 aliphatic heterocycles. The van der Waals surface area contributed by atoms with E-state index in [0.29, 0.717) is 11.6 Å². The summed E-state index contributed by atoms with van der Waals surface area (Å²) in [7, 11) is 0. The highest BCUT2D eigenvalue weighted by molar-refractivity contribution is 5.41. The van der Waals surface area contributed by atoms with Crippen molar-refractivity contribution in [1.29, 1.82) is 0 Å². The number of anilines is 1. The summed E-state index contributed by atoms with van der Waals surface area (Å²) in [5.41, 5.74) is 5.61. The number of nitrogens with two attached hydrogens (primary N) is 1. The number of hydrogen-bond acceptors (Lipinski definition) is 5. The Morgan fingerprint density at radius 1 is 1.38 bits per heavy atom. The van der Waals surface area contributed by atoms with Gasteiger partial charge in [0.25, 0.3) is 5.88 Å². The predicted octanol–water partition coefficient (Wildman–Crippen LogP) is 1.46. The fourth-order valence-electron chi connectivity index (χ4n) is 1.27. The van der Waals surface area contributed by atoms with Crippen LogP contribution in [0.4, 0.5) is 5.82 Å². The molecule has 2 aromatic heterocycles. The van der Waals surface area contributed by atoms with Crippen molar-refractivity contribution >= 4 is 5.82 Å². The Labute approximate surface area is 93.1 Å². The maximum Gasteiger partial charge on any atom is 0.262 e. The van der Waals surface area contributed by atoms with Crippen molar-refractivity contribution in [2.45, 2.75) is 19.9 Å². The van der Waals surface area contributed by atoms with Gasteiger partial charge in [-0.2, -0.15) is 5.10 Å². The van der Waals surface area contributed by atoms with Gasteiger partial charge in [-0.25, -0.2) is 9.97 Å². The van der Waals surface area contributed by atoms with E-state index in [9.17, 15) is 0 Å². The Bertz CT molecular complexity index is 468. The van der Waals surface area contributed by atoms with Gasteiger partial charge in [0.2, 0.25) is 0 Å². The van der Waals surface area contributed by atoms with Gasteiger partial charge in [0.05, 0.1) is 12.4 Å². The van der Waals surface area contributed by atoms with Crippen molar-refractivity contribution in [2.75, 3.05) is 5.73 Å². The van der Waals surface area contributed by atoms with E-state index < -0.39 is 0 Å². The summed E-state index contributed by atoms with van der Waals surface area (Å²) in [6.45, 7) is 2.95. The zero-order valence-electron chi connectivity index (χ0n) is 9.00. The SMILES string of the molecule is CCCn1cc(Oc2nccnc2N)cn1. The fourth-order valence-corrected chi connectivity index (χ4v) is 1.27. The van der Waals surface area contributed by atoms with E-state index in [1.165, 1.54) is 12.4 Å². The zero-order chi connectivity index (χ0) is 11.4. The maximum absolute atomic E-state index is 5.61. The number of nitrogen functional groups attached to an aromatic ring is 1. The zero-order valence-corrected chi connectivity index (χ0v) is 9.00. The molecule has 0 saturated carbocycles. The molecule has 6 heteroatoms. The monoisotopic (exact) mass is 219 g/mol. The molecule has 6 nitrogen and oxygen atoms in total. The Kier molecular flexibility index (Phi) is 3.00. The Hall–Kier alpha value is -2.11. The average molecular weight is 219 g/mol. The highest BCUT2D eigenvalue weighted by Gasteiger charge is 2.05. The first-order valence-electron chi connectivity index (χ1n) is 5.06. The molecule has 16 heavy (non-hydrogen) atoms. The molecule has 0 spiro atoms. The average Bonchev–Trinajstić information content (AvgIpc) is 2.70. The quantitative estimate of drug-likeness (QED) is 0.842. The largest absolute Gasteiger partial charge is 0.433 e. The molecule has 0 fully saturated rings. The van der Waals surface area contributed by atoms with Crippen LogP contribution in [-0.2, 0) is 6.54 Å². The van der Waals surface area contributed by atoms with E-state index in [1.54, 1.807) is 12.4 Å². The number of hydrogen-bond donors (Lipinski definition) is 1. The van der Waals surface area contributed by atoms with E-state index in [4.69, 9.17) is 10.5 Å². The lowest BCUT2D eigenvalue weighted by Crippen LogP contribution is -1.97. The molecule has 2 heterocycles.